The fourth-order valence-electron chi connectivity index (χ4n) is 2.19. The highest BCUT2D eigenvalue weighted by molar-refractivity contribution is 7.97. The van der Waals surface area contributed by atoms with Crippen LogP contribution in [-0.4, -0.2) is 6.18 Å². The van der Waals surface area contributed by atoms with Gasteiger partial charge in [0.15, 0.2) is 14.7 Å². The predicted octanol–water partition coefficient (Wildman–Crippen LogP) is 7.50. The van der Waals surface area contributed by atoms with Gasteiger partial charge in [0.2, 0.25) is 0 Å². The standard InChI is InChI=1S/C18H15S.C4H3F5/c1-4-10-16(11-5-1)19(17-12-6-2-7-13-17)18-14-8-3-9-15-18;1-2(3(5)6)4(7,8)9/h1-15H;1H3/q+1;. The Labute approximate surface area is 163 Å². The SMILES string of the molecule is CC(=C(F)F)C(F)(F)F.c1ccc([S+](c2ccccc2)c2ccccc2)cc1. The third-order valence-electron chi connectivity index (χ3n) is 3.65. The highest BCUT2D eigenvalue weighted by atomic mass is 32.2. The normalized spacial score (nSPS) is 10.8. The highest BCUT2D eigenvalue weighted by Gasteiger charge is 2.33. The van der Waals surface area contributed by atoms with Gasteiger partial charge in [0.05, 0.1) is 16.5 Å². The Kier molecular flexibility index (Phi) is 7.81. The molecular formula is C22H18F5S+. The molecule has 0 nitrogen and oxygen atoms in total. The van der Waals surface area contributed by atoms with E-state index in [0.717, 1.165) is 0 Å². The summed E-state index contributed by atoms with van der Waals surface area (Å²) in [5.41, 5.74) is -1.83. The summed E-state index contributed by atoms with van der Waals surface area (Å²) in [7, 11) is -0.0146. The second-order valence-electron chi connectivity index (χ2n) is 5.63. The van der Waals surface area contributed by atoms with E-state index in [0.29, 0.717) is 6.92 Å². The van der Waals surface area contributed by atoms with Crippen molar-refractivity contribution in [1.29, 1.82) is 0 Å². The van der Waals surface area contributed by atoms with Crippen molar-refractivity contribution in [1.82, 2.24) is 0 Å². The summed E-state index contributed by atoms with van der Waals surface area (Å²) in [4.78, 5) is 4.08. The Bertz CT molecular complexity index is 777. The molecule has 0 saturated heterocycles. The molecule has 3 aromatic carbocycles. The van der Waals surface area contributed by atoms with Crippen LogP contribution in [-0.2, 0) is 10.9 Å². The van der Waals surface area contributed by atoms with Crippen molar-refractivity contribution in [2.75, 3.05) is 0 Å². The number of halogens is 5. The van der Waals surface area contributed by atoms with Gasteiger partial charge in [-0.05, 0) is 43.3 Å². The van der Waals surface area contributed by atoms with Crippen molar-refractivity contribution in [3.8, 4) is 0 Å². The lowest BCUT2D eigenvalue weighted by Crippen LogP contribution is -2.09. The monoisotopic (exact) mass is 409 g/mol. The lowest BCUT2D eigenvalue weighted by atomic mass is 10.3. The molecule has 28 heavy (non-hydrogen) atoms. The quantitative estimate of drug-likeness (QED) is 0.310. The molecule has 0 bridgehead atoms. The fourth-order valence-corrected chi connectivity index (χ4v) is 4.29. The first-order valence-corrected chi connectivity index (χ1v) is 9.51. The highest BCUT2D eigenvalue weighted by Crippen LogP contribution is 2.30. The van der Waals surface area contributed by atoms with Crippen LogP contribution < -0.4 is 0 Å². The van der Waals surface area contributed by atoms with Crippen molar-refractivity contribution >= 4 is 10.9 Å². The van der Waals surface area contributed by atoms with Crippen LogP contribution >= 0.6 is 0 Å². The van der Waals surface area contributed by atoms with Crippen LogP contribution in [0.5, 0.6) is 0 Å². The molecule has 0 amide bonds. The van der Waals surface area contributed by atoms with E-state index >= 15 is 0 Å². The zero-order chi connectivity index (χ0) is 20.6. The molecule has 6 heteroatoms. The van der Waals surface area contributed by atoms with E-state index in [4.69, 9.17) is 0 Å². The van der Waals surface area contributed by atoms with Gasteiger partial charge in [0.1, 0.15) is 0 Å². The molecule has 0 aliphatic rings. The Morgan fingerprint density at radius 3 is 1.07 bits per heavy atom. The van der Waals surface area contributed by atoms with Gasteiger partial charge >= 0.3 is 6.18 Å². The van der Waals surface area contributed by atoms with Gasteiger partial charge in [-0.2, -0.15) is 22.0 Å². The minimum Gasteiger partial charge on any atom is -0.173 e. The maximum atomic E-state index is 11.2. The molecule has 3 rings (SSSR count). The molecule has 0 heterocycles. The van der Waals surface area contributed by atoms with Gasteiger partial charge in [-0.3, -0.25) is 0 Å². The molecule has 146 valence electrons. The lowest BCUT2D eigenvalue weighted by molar-refractivity contribution is -0.0947. The van der Waals surface area contributed by atoms with Crippen LogP contribution in [0.4, 0.5) is 22.0 Å². The zero-order valence-corrected chi connectivity index (χ0v) is 15.8. The second kappa shape index (κ2) is 10.1. The van der Waals surface area contributed by atoms with Crippen molar-refractivity contribution in [2.45, 2.75) is 27.8 Å². The first kappa shape index (κ1) is 21.7. The number of hydrogen-bond acceptors (Lipinski definition) is 0. The smallest absolute Gasteiger partial charge is 0.173 e. The molecule has 0 aromatic heterocycles. The third kappa shape index (κ3) is 6.23. The first-order chi connectivity index (χ1) is 13.3. The van der Waals surface area contributed by atoms with Gasteiger partial charge in [0.25, 0.3) is 6.08 Å². The van der Waals surface area contributed by atoms with Gasteiger partial charge < -0.3 is 0 Å². The largest absolute Gasteiger partial charge is 0.417 e. The van der Waals surface area contributed by atoms with Crippen LogP contribution in [0.1, 0.15) is 6.92 Å². The van der Waals surface area contributed by atoms with E-state index in [9.17, 15) is 22.0 Å². The fraction of sp³-hybridized carbons (Fsp3) is 0.0909. The summed E-state index contributed by atoms with van der Waals surface area (Å²) in [6, 6.07) is 32.2. The Morgan fingerprint density at radius 1 is 0.607 bits per heavy atom. The number of benzene rings is 3. The molecule has 0 fully saturated rings. The molecule has 0 radical (unpaired) electrons. The van der Waals surface area contributed by atoms with Crippen LogP contribution in [0.25, 0.3) is 0 Å². The topological polar surface area (TPSA) is 0 Å². The van der Waals surface area contributed by atoms with E-state index in [1.165, 1.54) is 14.7 Å². The Morgan fingerprint density at radius 2 is 0.893 bits per heavy atom. The van der Waals surface area contributed by atoms with E-state index < -0.39 is 17.8 Å². The molecule has 0 aliphatic carbocycles. The van der Waals surface area contributed by atoms with Crippen LogP contribution in [0.2, 0.25) is 0 Å². The summed E-state index contributed by atoms with van der Waals surface area (Å²) in [6.45, 7) is 0.329. The predicted molar refractivity (Wildman–Crippen MR) is 102 cm³/mol. The minimum absolute atomic E-state index is 0.0146. The maximum absolute atomic E-state index is 11.2. The van der Waals surface area contributed by atoms with Crippen molar-refractivity contribution in [2.24, 2.45) is 0 Å². The Balaban J connectivity index is 0.000000266. The molecule has 0 unspecified atom stereocenters. The van der Waals surface area contributed by atoms with Gasteiger partial charge in [-0.15, -0.1) is 0 Å². The van der Waals surface area contributed by atoms with Crippen molar-refractivity contribution in [3.05, 3.63) is 103 Å². The number of alkyl halides is 3. The maximum Gasteiger partial charge on any atom is 0.417 e. The third-order valence-corrected chi connectivity index (χ3v) is 5.88. The van der Waals surface area contributed by atoms with Crippen molar-refractivity contribution < 1.29 is 22.0 Å². The summed E-state index contributed by atoms with van der Waals surface area (Å²) in [6.07, 6.45) is -7.57. The number of rotatable bonds is 3. The Hall–Kier alpha value is -2.60. The first-order valence-electron chi connectivity index (χ1n) is 8.29. The molecule has 0 saturated carbocycles. The molecule has 0 N–H and O–H groups in total. The zero-order valence-electron chi connectivity index (χ0n) is 15.0. The summed E-state index contributed by atoms with van der Waals surface area (Å²) >= 11 is 0. The summed E-state index contributed by atoms with van der Waals surface area (Å²) in [5, 5.41) is 0. The molecule has 0 spiro atoms. The van der Waals surface area contributed by atoms with E-state index in [2.05, 4.69) is 91.0 Å². The number of allylic oxidation sites excluding steroid dienone is 1. The van der Waals surface area contributed by atoms with E-state index in [1.54, 1.807) is 0 Å². The van der Waals surface area contributed by atoms with E-state index in [1.807, 2.05) is 0 Å². The molecular weight excluding hydrogens is 391 g/mol. The van der Waals surface area contributed by atoms with Gasteiger partial charge in [-0.1, -0.05) is 54.6 Å². The average Bonchev–Trinajstić information content (AvgIpc) is 2.70. The van der Waals surface area contributed by atoms with Crippen LogP contribution in [0.15, 0.2) is 117 Å². The second-order valence-corrected chi connectivity index (χ2v) is 7.66. The van der Waals surface area contributed by atoms with Crippen molar-refractivity contribution in [3.63, 3.8) is 0 Å². The summed E-state index contributed by atoms with van der Waals surface area (Å²) < 4.78 is 55.7. The van der Waals surface area contributed by atoms with E-state index in [-0.39, 0.29) is 10.9 Å². The lowest BCUT2D eigenvalue weighted by Gasteiger charge is -2.07. The van der Waals surface area contributed by atoms with Gasteiger partial charge in [0, 0.05) is 0 Å². The van der Waals surface area contributed by atoms with Gasteiger partial charge in [-0.25, -0.2) is 0 Å². The minimum atomic E-state index is -4.89. The summed E-state index contributed by atoms with van der Waals surface area (Å²) in [5.74, 6) is 0. The number of hydrogen-bond donors (Lipinski definition) is 0. The molecule has 0 atom stereocenters. The average molecular weight is 409 g/mol. The van der Waals surface area contributed by atoms with Crippen LogP contribution in [0.3, 0.4) is 0 Å². The van der Waals surface area contributed by atoms with Crippen LogP contribution in [0, 0.1) is 0 Å². The molecule has 0 aliphatic heterocycles. The molecule has 3 aromatic rings.